The molecule has 0 saturated carbocycles. The van der Waals surface area contributed by atoms with Crippen LogP contribution >= 0.6 is 0 Å². The molecule has 0 saturated heterocycles. The van der Waals surface area contributed by atoms with Crippen molar-refractivity contribution in [1.29, 1.82) is 0 Å². The lowest BCUT2D eigenvalue weighted by atomic mass is 10.2. The summed E-state index contributed by atoms with van der Waals surface area (Å²) < 4.78 is 5.74. The Morgan fingerprint density at radius 1 is 0.958 bits per heavy atom. The molecule has 0 amide bonds. The maximum absolute atomic E-state index is 12.9. The Hall–Kier alpha value is -1.74. The van der Waals surface area contributed by atoms with Gasteiger partial charge in [0.05, 0.1) is 10.9 Å². The van der Waals surface area contributed by atoms with Crippen LogP contribution in [0.2, 0.25) is 0 Å². The van der Waals surface area contributed by atoms with Crippen molar-refractivity contribution >= 4 is 16.9 Å². The summed E-state index contributed by atoms with van der Waals surface area (Å²) in [4.78, 5) is 15.3. The highest BCUT2D eigenvalue weighted by Crippen LogP contribution is 2.31. The predicted molar refractivity (Wildman–Crippen MR) is 101 cm³/mol. The van der Waals surface area contributed by atoms with Crippen LogP contribution in [0.4, 0.5) is 0 Å². The molecule has 0 fully saturated rings. The average Bonchev–Trinajstić information content (AvgIpc) is 2.55. The van der Waals surface area contributed by atoms with Crippen molar-refractivity contribution in [2.24, 2.45) is 0 Å². The molecule has 0 radical (unpaired) electrons. The third-order valence-electron chi connectivity index (χ3n) is 3.50. The van der Waals surface area contributed by atoms with Crippen LogP contribution in [0.5, 0.6) is 0 Å². The fourth-order valence-corrected chi connectivity index (χ4v) is 5.10. The van der Waals surface area contributed by atoms with E-state index in [1.54, 1.807) is 0 Å². The molecular formula is C21H27O2S+. The Morgan fingerprint density at radius 2 is 1.42 bits per heavy atom. The van der Waals surface area contributed by atoms with E-state index in [0.717, 1.165) is 12.8 Å². The van der Waals surface area contributed by atoms with E-state index in [9.17, 15) is 4.79 Å². The van der Waals surface area contributed by atoms with E-state index in [1.165, 1.54) is 9.79 Å². The molecule has 1 atom stereocenters. The van der Waals surface area contributed by atoms with Crippen LogP contribution in [0, 0.1) is 0 Å². The molecule has 0 spiro atoms. The Labute approximate surface area is 148 Å². The minimum absolute atomic E-state index is 0.0969. The number of benzene rings is 2. The standard InChI is InChI=1S/C21H27O2S/c1-5-12-19(20(22)23-21(2,3)4)24(17-13-8-6-9-14-17)18-15-10-7-11-16-18/h6-11,13-16,19H,5,12H2,1-4H3/q+1. The molecule has 0 aliphatic heterocycles. The Kier molecular flexibility index (Phi) is 6.50. The third-order valence-corrected chi connectivity index (χ3v) is 6.06. The van der Waals surface area contributed by atoms with Gasteiger partial charge >= 0.3 is 5.97 Å². The SMILES string of the molecule is CCCC(C(=O)OC(C)(C)C)[S+](c1ccccc1)c1ccccc1. The van der Waals surface area contributed by atoms with Crippen LogP contribution in [0.3, 0.4) is 0 Å². The van der Waals surface area contributed by atoms with E-state index < -0.39 is 5.60 Å². The van der Waals surface area contributed by atoms with Gasteiger partial charge in [-0.2, -0.15) is 0 Å². The van der Waals surface area contributed by atoms with Crippen molar-refractivity contribution in [3.05, 3.63) is 60.7 Å². The monoisotopic (exact) mass is 343 g/mol. The third kappa shape index (κ3) is 5.13. The van der Waals surface area contributed by atoms with Gasteiger partial charge in [-0.15, -0.1) is 0 Å². The average molecular weight is 344 g/mol. The van der Waals surface area contributed by atoms with Gasteiger partial charge in [-0.3, -0.25) is 0 Å². The van der Waals surface area contributed by atoms with Crippen molar-refractivity contribution in [3.8, 4) is 0 Å². The van der Waals surface area contributed by atoms with E-state index in [2.05, 4.69) is 31.2 Å². The molecule has 2 aromatic carbocycles. The van der Waals surface area contributed by atoms with Crippen molar-refractivity contribution in [3.63, 3.8) is 0 Å². The van der Waals surface area contributed by atoms with Crippen LogP contribution in [0.1, 0.15) is 40.5 Å². The van der Waals surface area contributed by atoms with Gasteiger partial charge in [-0.1, -0.05) is 49.7 Å². The summed E-state index contributed by atoms with van der Waals surface area (Å²) in [6, 6.07) is 20.6. The van der Waals surface area contributed by atoms with Crippen molar-refractivity contribution in [1.82, 2.24) is 0 Å². The second-order valence-electron chi connectivity index (χ2n) is 6.77. The van der Waals surface area contributed by atoms with Gasteiger partial charge in [-0.25, -0.2) is 4.79 Å². The zero-order valence-electron chi connectivity index (χ0n) is 15.0. The summed E-state index contributed by atoms with van der Waals surface area (Å²) in [6.45, 7) is 7.90. The summed E-state index contributed by atoms with van der Waals surface area (Å²) >= 11 is 0. The zero-order valence-corrected chi connectivity index (χ0v) is 15.8. The second kappa shape index (κ2) is 8.39. The number of rotatable bonds is 6. The molecule has 0 aliphatic rings. The molecule has 0 N–H and O–H groups in total. The maximum Gasteiger partial charge on any atom is 0.360 e. The van der Waals surface area contributed by atoms with Crippen LogP contribution in [-0.4, -0.2) is 16.8 Å². The van der Waals surface area contributed by atoms with Gasteiger partial charge in [0.15, 0.2) is 9.79 Å². The normalized spacial score (nSPS) is 12.9. The van der Waals surface area contributed by atoms with Crippen molar-refractivity contribution < 1.29 is 9.53 Å². The van der Waals surface area contributed by atoms with Crippen molar-refractivity contribution in [2.45, 2.75) is 61.2 Å². The Bertz CT molecular complexity index is 592. The lowest BCUT2D eigenvalue weighted by molar-refractivity contribution is -0.154. The Balaban J connectivity index is 2.44. The van der Waals surface area contributed by atoms with Gasteiger partial charge in [0.1, 0.15) is 5.60 Å². The van der Waals surface area contributed by atoms with E-state index in [4.69, 9.17) is 4.74 Å². The largest absolute Gasteiger partial charge is 0.456 e. The van der Waals surface area contributed by atoms with Crippen molar-refractivity contribution in [2.75, 3.05) is 0 Å². The molecule has 2 nitrogen and oxygen atoms in total. The van der Waals surface area contributed by atoms with Crippen LogP contribution < -0.4 is 0 Å². The molecule has 128 valence electrons. The highest BCUT2D eigenvalue weighted by atomic mass is 32.2. The van der Waals surface area contributed by atoms with Gasteiger partial charge in [-0.05, 0) is 45.0 Å². The van der Waals surface area contributed by atoms with Crippen LogP contribution in [0.25, 0.3) is 0 Å². The Morgan fingerprint density at radius 3 is 1.79 bits per heavy atom. The summed E-state index contributed by atoms with van der Waals surface area (Å²) in [7, 11) is -0.328. The molecule has 3 heteroatoms. The fraction of sp³-hybridized carbons (Fsp3) is 0.381. The summed E-state index contributed by atoms with van der Waals surface area (Å²) in [5.74, 6) is -0.0969. The molecule has 2 rings (SSSR count). The summed E-state index contributed by atoms with van der Waals surface area (Å²) in [6.07, 6.45) is 1.77. The molecule has 0 bridgehead atoms. The minimum Gasteiger partial charge on any atom is -0.456 e. The van der Waals surface area contributed by atoms with Crippen LogP contribution in [0.15, 0.2) is 70.5 Å². The fourth-order valence-electron chi connectivity index (χ4n) is 2.56. The van der Waals surface area contributed by atoms with E-state index in [0.29, 0.717) is 0 Å². The van der Waals surface area contributed by atoms with Crippen LogP contribution in [-0.2, 0) is 20.4 Å². The number of carbonyl (C=O) groups excluding carboxylic acids is 1. The number of ether oxygens (including phenoxy) is 1. The number of hydrogen-bond donors (Lipinski definition) is 0. The number of esters is 1. The van der Waals surface area contributed by atoms with E-state index in [1.807, 2.05) is 57.2 Å². The highest BCUT2D eigenvalue weighted by molar-refractivity contribution is 7.98. The minimum atomic E-state index is -0.467. The molecule has 0 aliphatic carbocycles. The first-order chi connectivity index (χ1) is 11.4. The quantitative estimate of drug-likeness (QED) is 0.530. The molecule has 0 aromatic heterocycles. The molecule has 1 unspecified atom stereocenters. The lowest BCUT2D eigenvalue weighted by Crippen LogP contribution is -2.37. The maximum atomic E-state index is 12.9. The molecule has 24 heavy (non-hydrogen) atoms. The second-order valence-corrected chi connectivity index (χ2v) is 8.96. The summed E-state index contributed by atoms with van der Waals surface area (Å²) in [5, 5.41) is -0.154. The van der Waals surface area contributed by atoms with Gasteiger partial charge < -0.3 is 4.74 Å². The number of carbonyl (C=O) groups is 1. The predicted octanol–water partition coefficient (Wildman–Crippen LogP) is 5.23. The smallest absolute Gasteiger partial charge is 0.360 e. The first-order valence-corrected chi connectivity index (χ1v) is 9.77. The van der Waals surface area contributed by atoms with Gasteiger partial charge in [0.25, 0.3) is 0 Å². The molecule has 0 heterocycles. The molecular weight excluding hydrogens is 316 g/mol. The lowest BCUT2D eigenvalue weighted by Gasteiger charge is -2.24. The summed E-state index contributed by atoms with van der Waals surface area (Å²) in [5.41, 5.74) is -0.467. The molecule has 2 aromatic rings. The number of hydrogen-bond acceptors (Lipinski definition) is 2. The first kappa shape index (κ1) is 18.6. The highest BCUT2D eigenvalue weighted by Gasteiger charge is 2.42. The van der Waals surface area contributed by atoms with E-state index >= 15 is 0 Å². The van der Waals surface area contributed by atoms with Gasteiger partial charge in [0, 0.05) is 6.42 Å². The zero-order chi connectivity index (χ0) is 17.6. The topological polar surface area (TPSA) is 26.3 Å². The van der Waals surface area contributed by atoms with Gasteiger partial charge in [0.2, 0.25) is 5.25 Å². The first-order valence-electron chi connectivity index (χ1n) is 8.48. The van der Waals surface area contributed by atoms with E-state index in [-0.39, 0.29) is 22.1 Å².